The molecule has 1 aliphatic carbocycles. The average molecular weight is 419 g/mol. The molecule has 0 aromatic heterocycles. The summed E-state index contributed by atoms with van der Waals surface area (Å²) in [6.45, 7) is 5.50. The normalized spacial score (nSPS) is 17.6. The maximum Gasteiger partial charge on any atom is 1.00 e. The molecule has 1 heterocycles. The summed E-state index contributed by atoms with van der Waals surface area (Å²) in [6, 6.07) is 0. The van der Waals surface area contributed by atoms with Crippen LogP contribution >= 0.6 is 0 Å². The Balaban J connectivity index is -0.000000620. The van der Waals surface area contributed by atoms with E-state index in [4.69, 9.17) is 15.8 Å². The van der Waals surface area contributed by atoms with Gasteiger partial charge in [-0.3, -0.25) is 14.6 Å². The van der Waals surface area contributed by atoms with Gasteiger partial charge in [-0.15, -0.1) is 0 Å². The molecular weight excluding hydrogens is 399 g/mol. The fraction of sp³-hybridized carbons (Fsp3) is 0.462. The van der Waals surface area contributed by atoms with Crippen molar-refractivity contribution in [2.45, 2.75) is 0 Å². The molecule has 1 radical (unpaired) electrons. The fourth-order valence-corrected chi connectivity index (χ4v) is 1.83. The van der Waals surface area contributed by atoms with Crippen LogP contribution in [0.4, 0.5) is 0 Å². The Kier molecular flexibility index (Phi) is 20.1. The van der Waals surface area contributed by atoms with Gasteiger partial charge in [-0.1, -0.05) is 12.2 Å². The summed E-state index contributed by atoms with van der Waals surface area (Å²) in [5, 5.41) is 3.18. The molecule has 0 amide bonds. The van der Waals surface area contributed by atoms with E-state index < -0.39 is 0 Å². The van der Waals surface area contributed by atoms with Crippen LogP contribution in [-0.4, -0.2) is 50.1 Å². The van der Waals surface area contributed by atoms with Crippen molar-refractivity contribution in [2.24, 2.45) is 0 Å². The molecule has 8 nitrogen and oxygen atoms in total. The molecule has 0 bridgehead atoms. The molecule has 0 aromatic carbocycles. The van der Waals surface area contributed by atoms with Crippen LogP contribution in [0.3, 0.4) is 0 Å². The van der Waals surface area contributed by atoms with Crippen molar-refractivity contribution in [3.8, 4) is 0 Å². The van der Waals surface area contributed by atoms with Gasteiger partial charge in [0.15, 0.2) is 5.78 Å². The number of rotatable bonds is 4. The minimum absolute atomic E-state index is 0. The Morgan fingerprint density at radius 1 is 1.26 bits per heavy atom. The zero-order valence-corrected chi connectivity index (χ0v) is 14.3. The van der Waals surface area contributed by atoms with Gasteiger partial charge in [0.1, 0.15) is 0 Å². The smallest absolute Gasteiger partial charge is 0.693 e. The summed E-state index contributed by atoms with van der Waals surface area (Å²) in [6.07, 6.45) is 8.83. The van der Waals surface area contributed by atoms with Crippen molar-refractivity contribution >= 4 is 5.78 Å². The van der Waals surface area contributed by atoms with Crippen LogP contribution in [0.25, 0.3) is 22.1 Å². The number of ether oxygens (including phenoxy) is 1. The number of ketones is 1. The molecule has 1 fully saturated rings. The van der Waals surface area contributed by atoms with E-state index in [-0.39, 0.29) is 46.1 Å². The number of hydrogen-bond acceptors (Lipinski definition) is 4. The molecule has 2 rings (SSSR count). The first-order valence-electron chi connectivity index (χ1n) is 6.39. The first-order chi connectivity index (χ1) is 9.77. The Morgan fingerprint density at radius 3 is 2.39 bits per heavy atom. The zero-order valence-electron chi connectivity index (χ0n) is 12.4. The van der Waals surface area contributed by atoms with Crippen LogP contribution in [-0.2, 0) is 43.7 Å². The van der Waals surface area contributed by atoms with Crippen molar-refractivity contribution in [3.63, 3.8) is 0 Å². The van der Waals surface area contributed by atoms with Crippen LogP contribution in [0.15, 0.2) is 36.1 Å². The molecule has 137 valence electrons. The summed E-state index contributed by atoms with van der Waals surface area (Å²) < 4.78 is 5.28. The van der Waals surface area contributed by atoms with Crippen LogP contribution in [0, 0.1) is 0 Å². The molecule has 2 aliphatic rings. The maximum atomic E-state index is 11.4. The van der Waals surface area contributed by atoms with Crippen LogP contribution in [0.5, 0.6) is 0 Å². The van der Waals surface area contributed by atoms with Gasteiger partial charge in [0.05, 0.1) is 13.2 Å². The number of hydrogen-bond donors (Lipinski definition) is 1. The molecule has 0 aromatic rings. The third-order valence-corrected chi connectivity index (χ3v) is 2.85. The number of nitrogens with two attached hydrogens (primary N) is 1. The number of allylic oxidation sites excluding steroid dienone is 5. The number of morpholine rings is 1. The van der Waals surface area contributed by atoms with Crippen molar-refractivity contribution in [3.05, 3.63) is 58.2 Å². The Morgan fingerprint density at radius 2 is 1.83 bits per heavy atom. The summed E-state index contributed by atoms with van der Waals surface area (Å²) in [5.41, 5.74) is 14.2. The van der Waals surface area contributed by atoms with E-state index in [9.17, 15) is 4.79 Å². The summed E-state index contributed by atoms with van der Waals surface area (Å²) in [4.78, 5) is 15.3. The molecule has 3 N–H and O–H groups in total. The number of carbonyl (C=O) groups excluding carboxylic acids is 1. The van der Waals surface area contributed by atoms with Crippen molar-refractivity contribution < 1.29 is 43.7 Å². The third-order valence-electron chi connectivity index (χ3n) is 2.85. The Bertz CT molecular complexity index is 442. The molecule has 1 aliphatic heterocycles. The summed E-state index contributed by atoms with van der Waals surface area (Å²) in [7, 11) is 0. The van der Waals surface area contributed by atoms with Crippen LogP contribution in [0.1, 0.15) is 0 Å². The molecule has 10 heteroatoms. The van der Waals surface area contributed by atoms with E-state index in [0.717, 1.165) is 45.0 Å². The molecular formula is C13H20Cu2N6O2-. The second-order valence-electron chi connectivity index (χ2n) is 4.18. The second kappa shape index (κ2) is 17.3. The first kappa shape index (κ1) is 26.8. The first-order valence-corrected chi connectivity index (χ1v) is 6.39. The summed E-state index contributed by atoms with van der Waals surface area (Å²) >= 11 is 0. The van der Waals surface area contributed by atoms with Gasteiger partial charge in [-0.25, -0.2) is 0 Å². The Hall–Kier alpha value is -1.08. The van der Waals surface area contributed by atoms with Gasteiger partial charge in [-0.05, 0) is 12.2 Å². The van der Waals surface area contributed by atoms with E-state index in [0.29, 0.717) is 0 Å². The van der Waals surface area contributed by atoms with E-state index in [1.807, 2.05) is 12.2 Å². The van der Waals surface area contributed by atoms with Crippen molar-refractivity contribution in [1.29, 1.82) is 0 Å². The molecule has 23 heavy (non-hydrogen) atoms. The number of nitrogens with zero attached hydrogens (tertiary/aromatic N) is 4. The van der Waals surface area contributed by atoms with Crippen LogP contribution in [0.2, 0.25) is 0 Å². The zero-order chi connectivity index (χ0) is 14.6. The molecule has 0 unspecified atom stereocenters. The van der Waals surface area contributed by atoms with Gasteiger partial charge >= 0.3 is 17.1 Å². The van der Waals surface area contributed by atoms with Gasteiger partial charge in [0.25, 0.3) is 0 Å². The SMILES string of the molecule is O=C1C=CC=CC1=CNCCN1CCOCC1.[Cu+].[Cu].[N-]=[N+]=[N-].[NH2-]. The third kappa shape index (κ3) is 12.1. The van der Waals surface area contributed by atoms with Gasteiger partial charge in [-0.2, -0.15) is 0 Å². The van der Waals surface area contributed by atoms with E-state index in [1.165, 1.54) is 4.91 Å². The van der Waals surface area contributed by atoms with Gasteiger partial charge < -0.3 is 27.3 Å². The monoisotopic (exact) mass is 418 g/mol. The predicted octanol–water partition coefficient (Wildman–Crippen LogP) is 2.07. The van der Waals surface area contributed by atoms with Crippen molar-refractivity contribution in [1.82, 2.24) is 10.2 Å². The molecule has 0 saturated carbocycles. The summed E-state index contributed by atoms with van der Waals surface area (Å²) in [5.74, 6) is 0.0615. The fourth-order valence-electron chi connectivity index (χ4n) is 1.83. The molecule has 1 saturated heterocycles. The van der Waals surface area contributed by atoms with Crippen LogP contribution < -0.4 is 5.32 Å². The van der Waals surface area contributed by atoms with Gasteiger partial charge in [0, 0.05) is 55.0 Å². The molecule has 0 spiro atoms. The molecule has 0 atom stereocenters. The maximum absolute atomic E-state index is 11.4. The predicted molar refractivity (Wildman–Crippen MR) is 82.0 cm³/mol. The van der Waals surface area contributed by atoms with Crippen molar-refractivity contribution in [2.75, 3.05) is 39.4 Å². The Labute approximate surface area is 157 Å². The second-order valence-corrected chi connectivity index (χ2v) is 4.18. The number of nitrogens with one attached hydrogen (secondary N) is 1. The quantitative estimate of drug-likeness (QED) is 0.186. The largest absolute Gasteiger partial charge is 1.00 e. The van der Waals surface area contributed by atoms with E-state index in [2.05, 4.69) is 10.2 Å². The number of carbonyl (C=O) groups is 1. The minimum atomic E-state index is 0. The average Bonchev–Trinajstić information content (AvgIpc) is 2.47. The van der Waals surface area contributed by atoms with Gasteiger partial charge in [0.2, 0.25) is 0 Å². The minimum Gasteiger partial charge on any atom is -0.693 e. The van der Waals surface area contributed by atoms with E-state index in [1.54, 1.807) is 18.4 Å². The topological polar surface area (TPSA) is 134 Å². The van der Waals surface area contributed by atoms with E-state index >= 15 is 0 Å². The standard InChI is InChI=1S/C13H18N2O2.2Cu.N3.H2N/c16-13-4-2-1-3-12(13)11-14-5-6-15-7-9-17-10-8-15;;;1-3-2;/h1-4,11,14H,5-10H2;;;;1H2/q;;+1;2*-1.